The van der Waals surface area contributed by atoms with Crippen LogP contribution in [0.4, 0.5) is 0 Å². The van der Waals surface area contributed by atoms with Crippen molar-refractivity contribution in [2.75, 3.05) is 19.6 Å². The molecule has 0 radical (unpaired) electrons. The van der Waals surface area contributed by atoms with Crippen LogP contribution in [-0.2, 0) is 4.79 Å². The highest BCUT2D eigenvalue weighted by molar-refractivity contribution is 5.85. The van der Waals surface area contributed by atoms with Crippen LogP contribution in [0.15, 0.2) is 17.4 Å². The van der Waals surface area contributed by atoms with Gasteiger partial charge in [-0.1, -0.05) is 6.58 Å². The number of nitrogens with zero attached hydrogens (tertiary/aromatic N) is 3. The Morgan fingerprint density at radius 2 is 2.22 bits per heavy atom. The van der Waals surface area contributed by atoms with Gasteiger partial charge in [-0.05, 0) is 20.8 Å². The van der Waals surface area contributed by atoms with Crippen LogP contribution in [0, 0.1) is 0 Å². The van der Waals surface area contributed by atoms with E-state index in [9.17, 15) is 4.79 Å². The smallest absolute Gasteiger partial charge is 0.223 e. The van der Waals surface area contributed by atoms with Gasteiger partial charge in [-0.3, -0.25) is 14.7 Å². The highest BCUT2D eigenvalue weighted by Crippen LogP contribution is 2.28. The quantitative estimate of drug-likeness (QED) is 0.590. The zero-order valence-corrected chi connectivity index (χ0v) is 11.4. The van der Waals surface area contributed by atoms with Gasteiger partial charge in [0.05, 0.1) is 18.5 Å². The average Bonchev–Trinajstić information content (AvgIpc) is 2.37. The first-order valence-electron chi connectivity index (χ1n) is 6.45. The Morgan fingerprint density at radius 3 is 2.72 bits per heavy atom. The number of hydrogen-bond donors (Lipinski definition) is 1. The minimum Gasteiger partial charge on any atom is -0.347 e. The van der Waals surface area contributed by atoms with Crippen molar-refractivity contribution in [1.29, 1.82) is 0 Å². The van der Waals surface area contributed by atoms with Gasteiger partial charge in [-0.15, -0.1) is 0 Å². The van der Waals surface area contributed by atoms with Gasteiger partial charge in [-0.2, -0.15) is 5.10 Å². The maximum absolute atomic E-state index is 11.3. The summed E-state index contributed by atoms with van der Waals surface area (Å²) < 4.78 is 0. The number of rotatable bonds is 2. The van der Waals surface area contributed by atoms with Gasteiger partial charge in [0.1, 0.15) is 0 Å². The summed E-state index contributed by atoms with van der Waals surface area (Å²) in [5, 5.41) is 9.32. The predicted molar refractivity (Wildman–Crippen MR) is 74.3 cm³/mol. The summed E-state index contributed by atoms with van der Waals surface area (Å²) in [6, 6.07) is 0.432. The largest absolute Gasteiger partial charge is 0.347 e. The molecule has 2 aliphatic rings. The molecule has 0 aromatic carbocycles. The lowest BCUT2D eigenvalue weighted by Gasteiger charge is -2.44. The minimum atomic E-state index is -0.159. The van der Waals surface area contributed by atoms with Crippen molar-refractivity contribution in [1.82, 2.24) is 15.2 Å². The lowest BCUT2D eigenvalue weighted by Crippen LogP contribution is -2.68. The first-order valence-corrected chi connectivity index (χ1v) is 6.45. The Bertz CT molecular complexity index is 386. The Hall–Kier alpha value is -1.36. The molecule has 0 bridgehead atoms. The van der Waals surface area contributed by atoms with Crippen LogP contribution in [0.1, 0.15) is 28.6 Å². The van der Waals surface area contributed by atoms with E-state index in [1.807, 2.05) is 11.9 Å². The third-order valence-corrected chi connectivity index (χ3v) is 3.60. The van der Waals surface area contributed by atoms with Crippen LogP contribution < -0.4 is 5.32 Å². The van der Waals surface area contributed by atoms with Gasteiger partial charge in [0.15, 0.2) is 0 Å². The number of hydrogen-bond acceptors (Lipinski definition) is 4. The molecule has 1 N–H and O–H groups in total. The highest BCUT2D eigenvalue weighted by Gasteiger charge is 2.47. The second kappa shape index (κ2) is 4.72. The molecular weight excluding hydrogens is 228 g/mol. The average molecular weight is 252 g/mol. The van der Waals surface area contributed by atoms with Gasteiger partial charge in [0.25, 0.3) is 0 Å². The van der Waals surface area contributed by atoms with Gasteiger partial charge in [0.2, 0.25) is 5.91 Å². The van der Waals surface area contributed by atoms with Crippen LogP contribution in [0.25, 0.3) is 0 Å². The van der Waals surface area contributed by atoms with Crippen molar-refractivity contribution in [3.8, 4) is 0 Å². The van der Waals surface area contributed by atoms with E-state index in [1.54, 1.807) is 6.21 Å². The Kier molecular flexibility index (Phi) is 3.43. The van der Waals surface area contributed by atoms with Crippen LogP contribution in [0.2, 0.25) is 0 Å². The van der Waals surface area contributed by atoms with Gasteiger partial charge < -0.3 is 5.32 Å². The zero-order chi connectivity index (χ0) is 13.3. The first kappa shape index (κ1) is 13.1. The van der Waals surface area contributed by atoms with E-state index >= 15 is 0 Å². The van der Waals surface area contributed by atoms with Crippen molar-refractivity contribution < 1.29 is 6.22 Å². The molecule has 102 valence electrons. The van der Waals surface area contributed by atoms with Crippen molar-refractivity contribution >= 4 is 12.1 Å². The van der Waals surface area contributed by atoms with E-state index in [0.717, 1.165) is 18.8 Å². The molecule has 2 heterocycles. The summed E-state index contributed by atoms with van der Waals surface area (Å²) in [7, 11) is 0. The fourth-order valence-electron chi connectivity index (χ4n) is 2.61. The maximum Gasteiger partial charge on any atom is 0.223 e. The van der Waals surface area contributed by atoms with E-state index < -0.39 is 0 Å². The Morgan fingerprint density at radius 1 is 1.56 bits per heavy atom. The van der Waals surface area contributed by atoms with E-state index in [0.29, 0.717) is 19.0 Å². The van der Waals surface area contributed by atoms with E-state index in [-0.39, 0.29) is 12.9 Å². The molecule has 2 saturated heterocycles. The lowest BCUT2D eigenvalue weighted by molar-refractivity contribution is -0.134. The van der Waals surface area contributed by atoms with Crippen molar-refractivity contribution in [3.05, 3.63) is 12.3 Å². The van der Waals surface area contributed by atoms with Crippen LogP contribution in [0.3, 0.4) is 0 Å². The summed E-state index contributed by atoms with van der Waals surface area (Å²) in [5.74, 6) is 0.131. The molecule has 0 aromatic rings. The maximum atomic E-state index is 11.3. The molecule has 1 amide bonds. The van der Waals surface area contributed by atoms with E-state index in [2.05, 4.69) is 35.7 Å². The predicted octanol–water partition coefficient (Wildman–Crippen LogP) is 1.04. The summed E-state index contributed by atoms with van der Waals surface area (Å²) >= 11 is 0. The number of hydrazone groups is 1. The van der Waals surface area contributed by atoms with E-state index in [1.165, 1.54) is 0 Å². The minimum absolute atomic E-state index is 0. The molecule has 1 atom stereocenters. The second-order valence-electron chi connectivity index (χ2n) is 5.50. The normalized spacial score (nSPS) is 29.9. The van der Waals surface area contributed by atoms with Crippen LogP contribution in [-0.4, -0.2) is 53.2 Å². The molecule has 5 nitrogen and oxygen atoms in total. The van der Waals surface area contributed by atoms with Gasteiger partial charge in [0, 0.05) is 32.5 Å². The van der Waals surface area contributed by atoms with Crippen molar-refractivity contribution in [2.45, 2.75) is 38.8 Å². The summed E-state index contributed by atoms with van der Waals surface area (Å²) in [5.41, 5.74) is 0.827. The SMILES string of the molecule is C=C1CN(C(C)C)CC2(CC(=O)N2)CN1/N=C\C.[HH]. The third-order valence-electron chi connectivity index (χ3n) is 3.60. The Balaban J connectivity index is 0.00000180. The van der Waals surface area contributed by atoms with E-state index in [4.69, 9.17) is 0 Å². The zero-order valence-electron chi connectivity index (χ0n) is 11.4. The molecule has 2 aliphatic heterocycles. The van der Waals surface area contributed by atoms with Gasteiger partial charge >= 0.3 is 0 Å². The number of β-lactam (4-membered cyclic amide) rings is 1. The number of carbonyl (C=O) groups is 1. The first-order chi connectivity index (χ1) is 8.46. The molecule has 1 unspecified atom stereocenters. The van der Waals surface area contributed by atoms with Crippen LogP contribution >= 0.6 is 0 Å². The summed E-state index contributed by atoms with van der Waals surface area (Å²) in [4.78, 5) is 13.6. The molecule has 2 rings (SSSR count). The monoisotopic (exact) mass is 252 g/mol. The molecule has 0 aliphatic carbocycles. The molecule has 18 heavy (non-hydrogen) atoms. The lowest BCUT2D eigenvalue weighted by atomic mass is 9.86. The molecule has 0 saturated carbocycles. The second-order valence-corrected chi connectivity index (χ2v) is 5.50. The van der Waals surface area contributed by atoms with Crippen LogP contribution in [0.5, 0.6) is 0 Å². The number of nitrogens with one attached hydrogen (secondary N) is 1. The fraction of sp³-hybridized carbons (Fsp3) is 0.692. The molecular formula is C13H24N4O. The third kappa shape index (κ3) is 2.41. The summed E-state index contributed by atoms with van der Waals surface area (Å²) in [6.45, 7) is 12.7. The van der Waals surface area contributed by atoms with Gasteiger partial charge in [-0.25, -0.2) is 0 Å². The molecule has 5 heteroatoms. The number of amides is 1. The Labute approximate surface area is 110 Å². The molecule has 2 fully saturated rings. The standard InChI is InChI=1S/C13H22N4O.H2/c1-5-14-17-9-13(6-12(18)15-13)8-16(10(2)3)7-11(17)4;/h5,10H,4,6-9H2,1-3H3,(H,15,18);1H/b14-5-;. The molecule has 0 aromatic heterocycles. The van der Waals surface area contributed by atoms with Crippen molar-refractivity contribution in [2.24, 2.45) is 5.10 Å². The topological polar surface area (TPSA) is 47.9 Å². The molecule has 1 spiro atoms. The highest BCUT2D eigenvalue weighted by atomic mass is 16.2. The van der Waals surface area contributed by atoms with Crippen molar-refractivity contribution in [3.63, 3.8) is 0 Å². The summed E-state index contributed by atoms with van der Waals surface area (Å²) in [6.07, 6.45) is 2.35. The number of carbonyl (C=O) groups excluding carboxylic acids is 1. The fourth-order valence-corrected chi connectivity index (χ4v) is 2.61.